The zero-order valence-electron chi connectivity index (χ0n) is 9.92. The van der Waals surface area contributed by atoms with Crippen LogP contribution >= 0.6 is 31.9 Å². The summed E-state index contributed by atoms with van der Waals surface area (Å²) in [7, 11) is 4.27. The molecule has 0 aliphatic rings. The third-order valence-electron chi connectivity index (χ3n) is 2.18. The normalized spacial score (nSPS) is 11.0. The summed E-state index contributed by atoms with van der Waals surface area (Å²) < 4.78 is 26.4. The minimum atomic E-state index is -2.33. The topological polar surface area (TPSA) is 44.8 Å². The average Bonchev–Trinajstić information content (AvgIpc) is 2.34. The summed E-state index contributed by atoms with van der Waals surface area (Å²) >= 11 is 5.19. The smallest absolute Gasteiger partial charge is 0.280 e. The summed E-state index contributed by atoms with van der Waals surface area (Å²) in [4.78, 5) is 11.8. The Bertz CT molecular complexity index is 432. The summed E-state index contributed by atoms with van der Waals surface area (Å²) in [5, 5.41) is 0. The van der Waals surface area contributed by atoms with E-state index in [0.717, 1.165) is 0 Å². The molecule has 18 heavy (non-hydrogen) atoms. The second kappa shape index (κ2) is 5.88. The van der Waals surface area contributed by atoms with Crippen molar-refractivity contribution >= 4 is 37.6 Å². The summed E-state index contributed by atoms with van der Waals surface area (Å²) in [6.07, 6.45) is 0. The maximum absolute atomic E-state index is 13.5. The first-order valence-corrected chi connectivity index (χ1v) is 6.35. The lowest BCUT2D eigenvalue weighted by Crippen LogP contribution is -2.19. The van der Waals surface area contributed by atoms with Crippen molar-refractivity contribution in [3.63, 3.8) is 0 Å². The molecule has 4 nitrogen and oxygen atoms in total. The number of methoxy groups -OCH3 is 3. The minimum absolute atomic E-state index is 0.0840. The maximum atomic E-state index is 13.5. The van der Waals surface area contributed by atoms with Crippen LogP contribution in [0.15, 0.2) is 12.1 Å². The van der Waals surface area contributed by atoms with Gasteiger partial charge in [-0.3, -0.25) is 4.79 Å². The van der Waals surface area contributed by atoms with Crippen molar-refractivity contribution in [3.05, 3.63) is 17.7 Å². The van der Waals surface area contributed by atoms with Gasteiger partial charge in [0.1, 0.15) is 0 Å². The number of rotatable bonds is 5. The van der Waals surface area contributed by atoms with Gasteiger partial charge in [-0.05, 0) is 44.0 Å². The molecular weight excluding hydrogens is 375 g/mol. The summed E-state index contributed by atoms with van der Waals surface area (Å²) in [6.45, 7) is 0. The van der Waals surface area contributed by atoms with E-state index < -0.39 is 9.27 Å². The molecule has 1 rings (SSSR count). The van der Waals surface area contributed by atoms with Gasteiger partial charge in [0.15, 0.2) is 11.5 Å². The molecular formula is C11H11Br2FO4. The van der Waals surface area contributed by atoms with Crippen LogP contribution in [0.2, 0.25) is 0 Å². The van der Waals surface area contributed by atoms with E-state index >= 15 is 0 Å². The van der Waals surface area contributed by atoms with E-state index in [0.29, 0.717) is 5.75 Å². The molecule has 0 aliphatic heterocycles. The summed E-state index contributed by atoms with van der Waals surface area (Å²) in [6, 6.07) is 2.75. The molecule has 7 heteroatoms. The SMILES string of the molecule is COc1cc(C(=O)C(F)(Br)Br)cc(OC)c1OC. The van der Waals surface area contributed by atoms with Gasteiger partial charge in [0.25, 0.3) is 3.49 Å². The Labute approximate surface area is 121 Å². The van der Waals surface area contributed by atoms with Gasteiger partial charge in [0.2, 0.25) is 11.5 Å². The van der Waals surface area contributed by atoms with Crippen LogP contribution in [0.3, 0.4) is 0 Å². The first kappa shape index (κ1) is 15.2. The van der Waals surface area contributed by atoms with Gasteiger partial charge in [0, 0.05) is 5.56 Å². The number of carbonyl (C=O) groups excluding carboxylic acids is 1. The molecule has 0 fully saturated rings. The van der Waals surface area contributed by atoms with Crippen LogP contribution in [0.4, 0.5) is 4.39 Å². The molecule has 0 saturated carbocycles. The van der Waals surface area contributed by atoms with Gasteiger partial charge in [-0.25, -0.2) is 4.39 Å². The van der Waals surface area contributed by atoms with Crippen molar-refractivity contribution in [1.82, 2.24) is 0 Å². The van der Waals surface area contributed by atoms with Gasteiger partial charge in [-0.1, -0.05) is 0 Å². The number of benzene rings is 1. The number of ketones is 1. The molecule has 1 aromatic carbocycles. The number of alkyl halides is 3. The third kappa shape index (κ3) is 3.14. The number of ether oxygens (including phenoxy) is 3. The predicted octanol–water partition coefficient (Wildman–Crippen LogP) is 3.31. The van der Waals surface area contributed by atoms with E-state index in [2.05, 4.69) is 31.9 Å². The van der Waals surface area contributed by atoms with Crippen molar-refractivity contribution in [1.29, 1.82) is 0 Å². The first-order valence-electron chi connectivity index (χ1n) is 4.76. The van der Waals surface area contributed by atoms with Crippen LogP contribution in [0.1, 0.15) is 10.4 Å². The number of carbonyl (C=O) groups is 1. The van der Waals surface area contributed by atoms with Gasteiger partial charge >= 0.3 is 0 Å². The van der Waals surface area contributed by atoms with E-state index in [-0.39, 0.29) is 17.1 Å². The zero-order valence-corrected chi connectivity index (χ0v) is 13.1. The van der Waals surface area contributed by atoms with Crippen molar-refractivity contribution < 1.29 is 23.4 Å². The minimum Gasteiger partial charge on any atom is -0.493 e. The standard InChI is InChI=1S/C11H11Br2FO4/c1-16-7-4-6(10(15)11(12,13)14)5-8(17-2)9(7)18-3/h4-5H,1-3H3. The maximum Gasteiger partial charge on any atom is 0.280 e. The average molecular weight is 386 g/mol. The number of hydrogen-bond acceptors (Lipinski definition) is 4. The Morgan fingerprint density at radius 1 is 1.11 bits per heavy atom. The quantitative estimate of drug-likeness (QED) is 0.576. The Morgan fingerprint density at radius 3 is 1.83 bits per heavy atom. The van der Waals surface area contributed by atoms with Gasteiger partial charge in [0.05, 0.1) is 21.3 Å². The van der Waals surface area contributed by atoms with Crippen LogP contribution in [-0.4, -0.2) is 30.6 Å². The fourth-order valence-electron chi connectivity index (χ4n) is 1.38. The van der Waals surface area contributed by atoms with E-state index in [9.17, 15) is 9.18 Å². The molecule has 100 valence electrons. The molecule has 0 N–H and O–H groups in total. The highest BCUT2D eigenvalue weighted by Gasteiger charge is 2.34. The number of hydrogen-bond donors (Lipinski definition) is 0. The van der Waals surface area contributed by atoms with Gasteiger partial charge in [-0.2, -0.15) is 0 Å². The van der Waals surface area contributed by atoms with Crippen LogP contribution in [0.25, 0.3) is 0 Å². The van der Waals surface area contributed by atoms with Crippen LogP contribution < -0.4 is 14.2 Å². The van der Waals surface area contributed by atoms with E-state index in [1.165, 1.54) is 33.5 Å². The second-order valence-corrected chi connectivity index (χ2v) is 6.49. The second-order valence-electron chi connectivity index (χ2n) is 3.24. The van der Waals surface area contributed by atoms with E-state index in [4.69, 9.17) is 14.2 Å². The lowest BCUT2D eigenvalue weighted by molar-refractivity contribution is 0.0926. The van der Waals surface area contributed by atoms with Crippen LogP contribution in [0.5, 0.6) is 17.2 Å². The molecule has 0 amide bonds. The predicted molar refractivity (Wildman–Crippen MR) is 72.1 cm³/mol. The summed E-state index contributed by atoms with van der Waals surface area (Å²) in [5.74, 6) is 0.0980. The largest absolute Gasteiger partial charge is 0.493 e. The van der Waals surface area contributed by atoms with Gasteiger partial charge < -0.3 is 14.2 Å². The summed E-state index contributed by atoms with van der Waals surface area (Å²) in [5.41, 5.74) is 0.0840. The van der Waals surface area contributed by atoms with Crippen molar-refractivity contribution in [2.75, 3.05) is 21.3 Å². The lowest BCUT2D eigenvalue weighted by atomic mass is 10.1. The number of Topliss-reactive ketones (excluding diaryl/α,β-unsaturated/α-hetero) is 1. The lowest BCUT2D eigenvalue weighted by Gasteiger charge is -2.15. The molecule has 0 heterocycles. The monoisotopic (exact) mass is 384 g/mol. The molecule has 0 saturated heterocycles. The Balaban J connectivity index is 3.36. The van der Waals surface area contributed by atoms with Crippen LogP contribution in [-0.2, 0) is 0 Å². The van der Waals surface area contributed by atoms with Crippen LogP contribution in [0, 0.1) is 0 Å². The Hall–Kier alpha value is -0.820. The van der Waals surface area contributed by atoms with Crippen molar-refractivity contribution in [3.8, 4) is 17.2 Å². The first-order chi connectivity index (χ1) is 8.35. The highest BCUT2D eigenvalue weighted by atomic mass is 79.9. The van der Waals surface area contributed by atoms with E-state index in [1.54, 1.807) is 0 Å². The molecule has 0 aliphatic carbocycles. The van der Waals surface area contributed by atoms with Crippen molar-refractivity contribution in [2.45, 2.75) is 3.49 Å². The van der Waals surface area contributed by atoms with Gasteiger partial charge in [-0.15, -0.1) is 0 Å². The molecule has 0 unspecified atom stereocenters. The molecule has 0 spiro atoms. The molecule has 1 aromatic rings. The van der Waals surface area contributed by atoms with Crippen molar-refractivity contribution in [2.24, 2.45) is 0 Å². The molecule has 0 atom stereocenters. The molecule has 0 aromatic heterocycles. The zero-order chi connectivity index (χ0) is 13.9. The Kier molecular flexibility index (Phi) is 4.98. The van der Waals surface area contributed by atoms with E-state index in [1.807, 2.05) is 0 Å². The fraction of sp³-hybridized carbons (Fsp3) is 0.364. The molecule has 0 radical (unpaired) electrons. The highest BCUT2D eigenvalue weighted by molar-refractivity contribution is 9.25. The molecule has 0 bridgehead atoms. The third-order valence-corrected chi connectivity index (χ3v) is 2.90. The fourth-order valence-corrected chi connectivity index (χ4v) is 1.83. The highest BCUT2D eigenvalue weighted by Crippen LogP contribution is 2.40. The Morgan fingerprint density at radius 2 is 1.56 bits per heavy atom. The number of halogens is 3.